The van der Waals surface area contributed by atoms with Gasteiger partial charge in [0, 0.05) is 11.1 Å². The topological polar surface area (TPSA) is 104 Å². The number of sulfonamides is 1. The van der Waals surface area contributed by atoms with Crippen LogP contribution < -0.4 is 15.6 Å². The van der Waals surface area contributed by atoms with E-state index in [1.54, 1.807) is 20.8 Å². The Morgan fingerprint density at radius 3 is 2.19 bits per heavy atom. The monoisotopic (exact) mass is 393 g/mol. The maximum atomic E-state index is 13.6. The highest BCUT2D eigenvalue weighted by molar-refractivity contribution is 7.89. The average Bonchev–Trinajstić information content (AvgIpc) is 2.58. The Balaban J connectivity index is 2.12. The Hall–Kier alpha value is -2.78. The number of nitrogens with one attached hydrogen (secondary N) is 3. The van der Waals surface area contributed by atoms with E-state index in [-0.39, 0.29) is 16.0 Å². The smallest absolute Gasteiger partial charge is 0.267 e. The largest absolute Gasteiger partial charge is 0.272 e. The van der Waals surface area contributed by atoms with Gasteiger partial charge in [0.2, 0.25) is 10.0 Å². The summed E-state index contributed by atoms with van der Waals surface area (Å²) in [5.41, 5.74) is 3.31. The molecule has 7 nitrogen and oxygen atoms in total. The summed E-state index contributed by atoms with van der Waals surface area (Å²) in [4.78, 5) is 24.0. The number of benzene rings is 2. The molecule has 2 amide bonds. The molecular formula is C18H20FN3O4S. The second-order valence-electron chi connectivity index (χ2n) is 6.77. The standard InChI is InChI=1S/C18H20FN3O4S/c1-18(2,3)22-27(25,26)13-8-6-7-12(11-13)16(23)20-21-17(24)14-9-4-5-10-15(14)19/h4-11,22H,1-3H3,(H,20,23)(H,21,24). The molecular weight excluding hydrogens is 373 g/mol. The minimum absolute atomic E-state index is 0.0145. The van der Waals surface area contributed by atoms with Crippen LogP contribution in [0.25, 0.3) is 0 Å². The molecule has 0 heterocycles. The van der Waals surface area contributed by atoms with E-state index in [1.165, 1.54) is 42.5 Å². The zero-order valence-corrected chi connectivity index (χ0v) is 15.9. The summed E-state index contributed by atoms with van der Waals surface area (Å²) in [5, 5.41) is 0. The third kappa shape index (κ3) is 5.60. The molecule has 144 valence electrons. The Morgan fingerprint density at radius 2 is 1.56 bits per heavy atom. The van der Waals surface area contributed by atoms with Gasteiger partial charge in [-0.15, -0.1) is 0 Å². The summed E-state index contributed by atoms with van der Waals surface area (Å²) in [6.45, 7) is 5.08. The maximum absolute atomic E-state index is 13.6. The summed E-state index contributed by atoms with van der Waals surface area (Å²) in [6.07, 6.45) is 0. The number of hydrogen-bond acceptors (Lipinski definition) is 4. The van der Waals surface area contributed by atoms with Gasteiger partial charge in [0.1, 0.15) is 5.82 Å². The molecule has 0 aliphatic rings. The summed E-state index contributed by atoms with van der Waals surface area (Å²) >= 11 is 0. The van der Waals surface area contributed by atoms with E-state index in [9.17, 15) is 22.4 Å². The molecule has 0 aromatic heterocycles. The number of halogens is 1. The molecule has 2 rings (SSSR count). The molecule has 0 unspecified atom stereocenters. The van der Waals surface area contributed by atoms with Crippen LogP contribution in [0.15, 0.2) is 53.4 Å². The van der Waals surface area contributed by atoms with Crippen molar-refractivity contribution in [2.75, 3.05) is 0 Å². The molecule has 2 aromatic carbocycles. The second-order valence-corrected chi connectivity index (χ2v) is 8.45. The van der Waals surface area contributed by atoms with Gasteiger partial charge in [-0.1, -0.05) is 18.2 Å². The highest BCUT2D eigenvalue weighted by Gasteiger charge is 2.23. The molecule has 0 fully saturated rings. The van der Waals surface area contributed by atoms with Gasteiger partial charge < -0.3 is 0 Å². The number of carbonyl (C=O) groups is 2. The van der Waals surface area contributed by atoms with Crippen LogP contribution in [0.3, 0.4) is 0 Å². The maximum Gasteiger partial charge on any atom is 0.272 e. The molecule has 9 heteroatoms. The quantitative estimate of drug-likeness (QED) is 0.691. The van der Waals surface area contributed by atoms with Crippen molar-refractivity contribution in [2.45, 2.75) is 31.2 Å². The molecule has 0 spiro atoms. The molecule has 2 aromatic rings. The van der Waals surface area contributed by atoms with Crippen LogP contribution in [0.1, 0.15) is 41.5 Å². The number of amides is 2. The van der Waals surface area contributed by atoms with Gasteiger partial charge in [-0.3, -0.25) is 20.4 Å². The molecule has 0 radical (unpaired) electrons. The lowest BCUT2D eigenvalue weighted by atomic mass is 10.1. The first-order chi connectivity index (χ1) is 12.5. The molecule has 0 saturated carbocycles. The molecule has 3 N–H and O–H groups in total. The molecule has 0 saturated heterocycles. The zero-order valence-electron chi connectivity index (χ0n) is 15.0. The number of hydrazine groups is 1. The van der Waals surface area contributed by atoms with Crippen LogP contribution in [0.2, 0.25) is 0 Å². The van der Waals surface area contributed by atoms with Crippen LogP contribution in [-0.4, -0.2) is 25.8 Å². The Labute approximate surface area is 157 Å². The van der Waals surface area contributed by atoms with Crippen molar-refractivity contribution < 1.29 is 22.4 Å². The fourth-order valence-electron chi connectivity index (χ4n) is 2.16. The summed E-state index contributed by atoms with van der Waals surface area (Å²) in [6, 6.07) is 10.6. The van der Waals surface area contributed by atoms with Crippen molar-refractivity contribution in [2.24, 2.45) is 0 Å². The third-order valence-corrected chi connectivity index (χ3v) is 5.01. The normalized spacial score (nSPS) is 11.7. The van der Waals surface area contributed by atoms with Crippen LogP contribution in [0, 0.1) is 5.82 Å². The minimum Gasteiger partial charge on any atom is -0.267 e. The molecule has 0 aliphatic carbocycles. The third-order valence-electron chi connectivity index (χ3n) is 3.26. The first-order valence-electron chi connectivity index (χ1n) is 7.99. The Bertz CT molecular complexity index is 969. The van der Waals surface area contributed by atoms with E-state index < -0.39 is 33.2 Å². The second kappa shape index (κ2) is 7.85. The molecule has 27 heavy (non-hydrogen) atoms. The Kier molecular flexibility index (Phi) is 5.97. The van der Waals surface area contributed by atoms with Gasteiger partial charge in [0.25, 0.3) is 11.8 Å². The predicted octanol–water partition coefficient (Wildman–Crippen LogP) is 1.98. The molecule has 0 aliphatic heterocycles. The summed E-state index contributed by atoms with van der Waals surface area (Å²) in [5.74, 6) is -2.31. The van der Waals surface area contributed by atoms with Crippen LogP contribution in [-0.2, 0) is 10.0 Å². The van der Waals surface area contributed by atoms with Crippen LogP contribution in [0.5, 0.6) is 0 Å². The zero-order chi connectivity index (χ0) is 20.2. The van der Waals surface area contributed by atoms with E-state index in [0.29, 0.717) is 0 Å². The molecule has 0 atom stereocenters. The Morgan fingerprint density at radius 1 is 0.926 bits per heavy atom. The van der Waals surface area contributed by atoms with E-state index in [2.05, 4.69) is 15.6 Å². The highest BCUT2D eigenvalue weighted by atomic mass is 32.2. The van der Waals surface area contributed by atoms with E-state index in [1.807, 2.05) is 0 Å². The lowest BCUT2D eigenvalue weighted by Gasteiger charge is -2.20. The van der Waals surface area contributed by atoms with Gasteiger partial charge >= 0.3 is 0 Å². The molecule has 0 bridgehead atoms. The van der Waals surface area contributed by atoms with Gasteiger partial charge in [-0.25, -0.2) is 17.5 Å². The first-order valence-corrected chi connectivity index (χ1v) is 9.47. The van der Waals surface area contributed by atoms with Gasteiger partial charge in [-0.05, 0) is 51.1 Å². The van der Waals surface area contributed by atoms with Gasteiger partial charge in [0.15, 0.2) is 0 Å². The van der Waals surface area contributed by atoms with Crippen LogP contribution >= 0.6 is 0 Å². The lowest BCUT2D eigenvalue weighted by molar-refractivity contribution is 0.0844. The van der Waals surface area contributed by atoms with Crippen molar-refractivity contribution in [3.05, 3.63) is 65.5 Å². The predicted molar refractivity (Wildman–Crippen MR) is 97.8 cm³/mol. The fraction of sp³-hybridized carbons (Fsp3) is 0.222. The summed E-state index contributed by atoms with van der Waals surface area (Å²) < 4.78 is 40.8. The van der Waals surface area contributed by atoms with Gasteiger partial charge in [0.05, 0.1) is 10.5 Å². The van der Waals surface area contributed by atoms with E-state index in [4.69, 9.17) is 0 Å². The number of hydrogen-bond donors (Lipinski definition) is 3. The van der Waals surface area contributed by atoms with Crippen LogP contribution in [0.4, 0.5) is 4.39 Å². The first kappa shape index (κ1) is 20.5. The van der Waals surface area contributed by atoms with E-state index in [0.717, 1.165) is 6.07 Å². The van der Waals surface area contributed by atoms with Crippen molar-refractivity contribution in [1.82, 2.24) is 15.6 Å². The highest BCUT2D eigenvalue weighted by Crippen LogP contribution is 2.14. The van der Waals surface area contributed by atoms with Crippen molar-refractivity contribution in [3.8, 4) is 0 Å². The average molecular weight is 393 g/mol. The number of rotatable bonds is 4. The van der Waals surface area contributed by atoms with Crippen molar-refractivity contribution in [3.63, 3.8) is 0 Å². The summed E-state index contributed by atoms with van der Waals surface area (Å²) in [7, 11) is -3.82. The van der Waals surface area contributed by atoms with Crippen molar-refractivity contribution >= 4 is 21.8 Å². The SMILES string of the molecule is CC(C)(C)NS(=O)(=O)c1cccc(C(=O)NNC(=O)c2ccccc2F)c1. The van der Waals surface area contributed by atoms with Crippen molar-refractivity contribution in [1.29, 1.82) is 0 Å². The number of carbonyl (C=O) groups excluding carboxylic acids is 2. The van der Waals surface area contributed by atoms with Gasteiger partial charge in [-0.2, -0.15) is 0 Å². The fourth-order valence-corrected chi connectivity index (χ4v) is 3.63. The minimum atomic E-state index is -3.82. The lowest BCUT2D eigenvalue weighted by Crippen LogP contribution is -2.42. The van der Waals surface area contributed by atoms with E-state index >= 15 is 0 Å².